The number of hydrogen-bond donors (Lipinski definition) is 1. The van der Waals surface area contributed by atoms with Crippen LogP contribution < -0.4 is 5.14 Å². The molecule has 7 nitrogen and oxygen atoms in total. The Morgan fingerprint density at radius 1 is 1.03 bits per heavy atom. The largest absolute Gasteiger partial charge is 0.454 e. The van der Waals surface area contributed by atoms with Gasteiger partial charge in [-0.25, -0.2) is 18.4 Å². The predicted octanol–water partition coefficient (Wildman–Crippen LogP) is 3.54. The Hall–Kier alpha value is -2.75. The van der Waals surface area contributed by atoms with Crippen molar-refractivity contribution in [3.05, 3.63) is 81.6 Å². The molecule has 0 saturated heterocycles. The van der Waals surface area contributed by atoms with Crippen LogP contribution in [0.4, 0.5) is 0 Å². The van der Waals surface area contributed by atoms with E-state index in [1.54, 1.807) is 6.07 Å². The number of nitrogens with zero attached hydrogens (tertiary/aromatic N) is 1. The maximum atomic E-state index is 12.7. The molecule has 0 aliphatic carbocycles. The molecule has 0 spiro atoms. The van der Waals surface area contributed by atoms with Crippen LogP contribution in [-0.4, -0.2) is 31.3 Å². The number of para-hydroxylation sites is 1. The van der Waals surface area contributed by atoms with Crippen molar-refractivity contribution in [2.75, 3.05) is 6.61 Å². The molecule has 3 rings (SSSR count). The van der Waals surface area contributed by atoms with Gasteiger partial charge in [0, 0.05) is 27.1 Å². The lowest BCUT2D eigenvalue weighted by molar-refractivity contribution is 0.0473. The summed E-state index contributed by atoms with van der Waals surface area (Å²) < 4.78 is 30.4. The second kappa shape index (κ2) is 8.55. The minimum absolute atomic E-state index is 0.0379. The highest BCUT2D eigenvalue weighted by Crippen LogP contribution is 2.23. The van der Waals surface area contributed by atoms with Crippen molar-refractivity contribution in [3.8, 4) is 5.69 Å². The van der Waals surface area contributed by atoms with E-state index in [4.69, 9.17) is 9.88 Å². The predicted molar refractivity (Wildman–Crippen MR) is 115 cm³/mol. The van der Waals surface area contributed by atoms with Gasteiger partial charge >= 0.3 is 5.97 Å². The molecule has 9 heteroatoms. The summed E-state index contributed by atoms with van der Waals surface area (Å²) in [4.78, 5) is 24.9. The number of halogens is 1. The van der Waals surface area contributed by atoms with E-state index >= 15 is 0 Å². The van der Waals surface area contributed by atoms with Crippen molar-refractivity contribution < 1.29 is 22.7 Å². The van der Waals surface area contributed by atoms with Gasteiger partial charge in [0.2, 0.25) is 15.8 Å². The van der Waals surface area contributed by atoms with Crippen LogP contribution in [0.3, 0.4) is 0 Å². The van der Waals surface area contributed by atoms with Gasteiger partial charge in [0.25, 0.3) is 0 Å². The average molecular weight is 491 g/mol. The van der Waals surface area contributed by atoms with Crippen molar-refractivity contribution >= 4 is 37.7 Å². The number of benzene rings is 2. The Kier molecular flexibility index (Phi) is 6.25. The molecule has 0 aliphatic rings. The summed E-state index contributed by atoms with van der Waals surface area (Å²) in [6, 6.07) is 15.1. The highest BCUT2D eigenvalue weighted by atomic mass is 79.9. The summed E-state index contributed by atoms with van der Waals surface area (Å²) in [5.74, 6) is -1.20. The van der Waals surface area contributed by atoms with Crippen molar-refractivity contribution in [2.24, 2.45) is 5.14 Å². The fraction of sp³-hybridized carbons (Fsp3) is 0.143. The number of nitrogens with two attached hydrogens (primary N) is 1. The topological polar surface area (TPSA) is 108 Å². The van der Waals surface area contributed by atoms with Crippen molar-refractivity contribution in [3.63, 3.8) is 0 Å². The van der Waals surface area contributed by atoms with E-state index in [9.17, 15) is 18.0 Å². The summed E-state index contributed by atoms with van der Waals surface area (Å²) in [6.45, 7) is 3.23. The third-order valence-electron chi connectivity index (χ3n) is 4.57. The third kappa shape index (κ3) is 4.53. The van der Waals surface area contributed by atoms with Gasteiger partial charge in [-0.3, -0.25) is 4.79 Å². The van der Waals surface area contributed by atoms with Crippen LogP contribution in [0.25, 0.3) is 5.69 Å². The van der Waals surface area contributed by atoms with Gasteiger partial charge < -0.3 is 9.30 Å². The molecule has 0 atom stereocenters. The molecule has 1 aromatic heterocycles. The minimum Gasteiger partial charge on any atom is -0.454 e. The van der Waals surface area contributed by atoms with Crippen molar-refractivity contribution in [1.29, 1.82) is 0 Å². The van der Waals surface area contributed by atoms with Crippen molar-refractivity contribution in [2.45, 2.75) is 18.7 Å². The van der Waals surface area contributed by atoms with E-state index in [0.717, 1.165) is 23.1 Å². The normalized spacial score (nSPS) is 11.3. The average Bonchev–Trinajstić information content (AvgIpc) is 3.00. The van der Waals surface area contributed by atoms with E-state index in [-0.39, 0.29) is 16.2 Å². The van der Waals surface area contributed by atoms with Gasteiger partial charge in [-0.2, -0.15) is 0 Å². The first-order valence-electron chi connectivity index (χ1n) is 8.86. The van der Waals surface area contributed by atoms with Crippen LogP contribution in [0.2, 0.25) is 0 Å². The molecule has 0 unspecified atom stereocenters. The summed E-state index contributed by atoms with van der Waals surface area (Å²) in [5.41, 5.74) is 2.94. The number of hydrogen-bond acceptors (Lipinski definition) is 5. The van der Waals surface area contributed by atoms with Gasteiger partial charge in [-0.1, -0.05) is 18.2 Å². The van der Waals surface area contributed by atoms with Gasteiger partial charge in [0.15, 0.2) is 6.61 Å². The molecular weight excluding hydrogens is 472 g/mol. The van der Waals surface area contributed by atoms with Crippen LogP contribution in [0.15, 0.2) is 64.0 Å². The van der Waals surface area contributed by atoms with E-state index in [1.807, 2.05) is 48.7 Å². The molecule has 156 valence electrons. The Bertz CT molecular complexity index is 1230. The summed E-state index contributed by atoms with van der Waals surface area (Å²) >= 11 is 3.18. The fourth-order valence-electron chi connectivity index (χ4n) is 3.14. The van der Waals surface area contributed by atoms with Crippen LogP contribution in [0, 0.1) is 13.8 Å². The van der Waals surface area contributed by atoms with Gasteiger partial charge in [0.05, 0.1) is 10.5 Å². The smallest absolute Gasteiger partial charge is 0.339 e. The molecule has 0 saturated carbocycles. The van der Waals surface area contributed by atoms with Crippen molar-refractivity contribution in [1.82, 2.24) is 4.57 Å². The first-order valence-corrected chi connectivity index (χ1v) is 11.2. The number of esters is 1. The second-order valence-electron chi connectivity index (χ2n) is 6.64. The lowest BCUT2D eigenvalue weighted by atomic mass is 10.1. The first kappa shape index (κ1) is 21.9. The molecule has 0 radical (unpaired) electrons. The number of ketones is 1. The number of ether oxygens (including phenoxy) is 1. The zero-order chi connectivity index (χ0) is 22.1. The number of rotatable bonds is 6. The third-order valence-corrected chi connectivity index (χ3v) is 6.17. The molecule has 0 amide bonds. The molecule has 2 N–H and O–H groups in total. The monoisotopic (exact) mass is 490 g/mol. The summed E-state index contributed by atoms with van der Waals surface area (Å²) in [6.07, 6.45) is 0. The highest BCUT2D eigenvalue weighted by Gasteiger charge is 2.21. The van der Waals surface area contributed by atoms with E-state index < -0.39 is 22.6 Å². The van der Waals surface area contributed by atoms with Gasteiger partial charge in [-0.05, 0) is 66.2 Å². The molecule has 0 aliphatic heterocycles. The number of aryl methyl sites for hydroxylation is 1. The van der Waals surface area contributed by atoms with E-state index in [1.165, 1.54) is 12.1 Å². The number of sulfonamides is 1. The lowest BCUT2D eigenvalue weighted by Crippen LogP contribution is -2.17. The van der Waals surface area contributed by atoms with Gasteiger partial charge in [0.1, 0.15) is 0 Å². The Labute approximate surface area is 182 Å². The standard InChI is InChI=1S/C21H19BrN2O5S/c1-13-10-17(14(2)24(13)15-6-4-3-5-7-15)20(25)12-29-21(26)18-11-16(30(23,27)28)8-9-19(18)22/h3-11H,12H2,1-2H3,(H2,23,27,28). The maximum absolute atomic E-state index is 12.7. The molecule has 3 aromatic rings. The van der Waals surface area contributed by atoms with Crippen LogP contribution in [0.1, 0.15) is 32.1 Å². The molecule has 0 fully saturated rings. The van der Waals surface area contributed by atoms with Crippen LogP contribution >= 0.6 is 15.9 Å². The number of primary sulfonamides is 1. The molecule has 2 aromatic carbocycles. The Morgan fingerprint density at radius 2 is 1.70 bits per heavy atom. The van der Waals surface area contributed by atoms with E-state index in [0.29, 0.717) is 10.0 Å². The quantitative estimate of drug-likeness (QED) is 0.419. The zero-order valence-electron chi connectivity index (χ0n) is 16.3. The molecule has 30 heavy (non-hydrogen) atoms. The number of Topliss-reactive ketones (excluding diaryl/α,β-unsaturated/α-hetero) is 1. The maximum Gasteiger partial charge on any atom is 0.339 e. The SMILES string of the molecule is Cc1cc(C(=O)COC(=O)c2cc(S(N)(=O)=O)ccc2Br)c(C)n1-c1ccccc1. The number of carbonyl (C=O) groups excluding carboxylic acids is 2. The van der Waals surface area contributed by atoms with Gasteiger partial charge in [-0.15, -0.1) is 0 Å². The second-order valence-corrected chi connectivity index (χ2v) is 9.06. The van der Waals surface area contributed by atoms with Crippen LogP contribution in [-0.2, 0) is 14.8 Å². The fourth-order valence-corrected chi connectivity index (χ4v) is 4.09. The molecule has 1 heterocycles. The van der Waals surface area contributed by atoms with E-state index in [2.05, 4.69) is 15.9 Å². The highest BCUT2D eigenvalue weighted by molar-refractivity contribution is 9.10. The number of aromatic nitrogens is 1. The minimum atomic E-state index is -3.98. The zero-order valence-corrected chi connectivity index (χ0v) is 18.7. The number of carbonyl (C=O) groups is 2. The Balaban J connectivity index is 1.79. The first-order chi connectivity index (χ1) is 14.1. The molecule has 0 bridgehead atoms. The van der Waals surface area contributed by atoms with Crippen LogP contribution in [0.5, 0.6) is 0 Å². The lowest BCUT2D eigenvalue weighted by Gasteiger charge is -2.10. The molecular formula is C21H19BrN2O5S. The summed E-state index contributed by atoms with van der Waals surface area (Å²) in [5, 5.41) is 5.10. The summed E-state index contributed by atoms with van der Waals surface area (Å²) in [7, 11) is -3.98. The Morgan fingerprint density at radius 3 is 2.33 bits per heavy atom.